The van der Waals surface area contributed by atoms with E-state index in [-0.39, 0.29) is 18.4 Å². The van der Waals surface area contributed by atoms with Crippen LogP contribution in [0.3, 0.4) is 0 Å². The lowest BCUT2D eigenvalue weighted by Gasteiger charge is -2.38. The van der Waals surface area contributed by atoms with Gasteiger partial charge in [0.05, 0.1) is 18.4 Å². The predicted octanol–water partition coefficient (Wildman–Crippen LogP) is 2.50. The lowest BCUT2D eigenvalue weighted by Crippen LogP contribution is -2.51. The van der Waals surface area contributed by atoms with Crippen LogP contribution in [0.5, 0.6) is 5.75 Å². The quantitative estimate of drug-likeness (QED) is 0.890. The summed E-state index contributed by atoms with van der Waals surface area (Å²) in [6, 6.07) is 15.0. The summed E-state index contributed by atoms with van der Waals surface area (Å²) in [6.07, 6.45) is 0. The Morgan fingerprint density at radius 2 is 1.91 bits per heavy atom. The number of likely N-dealkylation sites (tertiary alicyclic amines) is 1. The van der Waals surface area contributed by atoms with Gasteiger partial charge in [-0.1, -0.05) is 12.1 Å². The highest BCUT2D eigenvalue weighted by Crippen LogP contribution is 2.26. The molecule has 1 fully saturated rings. The van der Waals surface area contributed by atoms with Crippen molar-refractivity contribution < 1.29 is 14.6 Å². The second kappa shape index (κ2) is 6.71. The van der Waals surface area contributed by atoms with Gasteiger partial charge in [-0.3, -0.25) is 4.79 Å². The van der Waals surface area contributed by atoms with E-state index in [2.05, 4.69) is 5.32 Å². The second-order valence-corrected chi connectivity index (χ2v) is 5.66. The van der Waals surface area contributed by atoms with E-state index in [9.17, 15) is 4.79 Å². The van der Waals surface area contributed by atoms with Crippen molar-refractivity contribution in [2.45, 2.75) is 0 Å². The van der Waals surface area contributed by atoms with Crippen LogP contribution in [0.15, 0.2) is 48.5 Å². The molecule has 0 spiro atoms. The number of benzene rings is 2. The third-order valence-corrected chi connectivity index (χ3v) is 4.03. The zero-order chi connectivity index (χ0) is 16.2. The van der Waals surface area contributed by atoms with Crippen LogP contribution in [0.2, 0.25) is 0 Å². The average molecular weight is 312 g/mol. The molecule has 0 radical (unpaired) electrons. The molecule has 5 nitrogen and oxygen atoms in total. The highest BCUT2D eigenvalue weighted by Gasteiger charge is 2.31. The van der Waals surface area contributed by atoms with Gasteiger partial charge < -0.3 is 20.1 Å². The average Bonchev–Trinajstić information content (AvgIpc) is 2.55. The van der Waals surface area contributed by atoms with Gasteiger partial charge in [0, 0.05) is 31.3 Å². The van der Waals surface area contributed by atoms with Crippen LogP contribution in [0.25, 0.3) is 0 Å². The molecule has 0 bridgehead atoms. The Morgan fingerprint density at radius 3 is 2.57 bits per heavy atom. The van der Waals surface area contributed by atoms with Crippen molar-refractivity contribution in [2.24, 2.45) is 5.92 Å². The fraction of sp³-hybridized carbons (Fsp3) is 0.278. The molecule has 2 N–H and O–H groups in total. The zero-order valence-corrected chi connectivity index (χ0v) is 13.0. The smallest absolute Gasteiger partial charge is 0.255 e. The van der Waals surface area contributed by atoms with Crippen molar-refractivity contribution in [1.29, 1.82) is 0 Å². The van der Waals surface area contributed by atoms with E-state index in [0.717, 1.165) is 17.1 Å². The molecule has 1 amide bonds. The maximum atomic E-state index is 12.6. The Morgan fingerprint density at radius 1 is 1.22 bits per heavy atom. The number of methoxy groups -OCH3 is 1. The van der Waals surface area contributed by atoms with Gasteiger partial charge in [0.15, 0.2) is 0 Å². The number of rotatable bonds is 5. The van der Waals surface area contributed by atoms with E-state index in [1.165, 1.54) is 0 Å². The Labute approximate surface area is 135 Å². The summed E-state index contributed by atoms with van der Waals surface area (Å²) in [5, 5.41) is 12.4. The monoisotopic (exact) mass is 312 g/mol. The van der Waals surface area contributed by atoms with Gasteiger partial charge in [0.2, 0.25) is 0 Å². The summed E-state index contributed by atoms with van der Waals surface area (Å²) >= 11 is 0. The molecule has 5 heteroatoms. The van der Waals surface area contributed by atoms with E-state index in [1.54, 1.807) is 12.0 Å². The molecule has 1 aliphatic heterocycles. The fourth-order valence-electron chi connectivity index (χ4n) is 2.63. The minimum absolute atomic E-state index is 0.00804. The van der Waals surface area contributed by atoms with Gasteiger partial charge in [0.25, 0.3) is 5.91 Å². The van der Waals surface area contributed by atoms with E-state index in [0.29, 0.717) is 18.7 Å². The van der Waals surface area contributed by atoms with Gasteiger partial charge in [-0.15, -0.1) is 0 Å². The third kappa shape index (κ3) is 3.29. The number of hydrogen-bond donors (Lipinski definition) is 2. The predicted molar refractivity (Wildman–Crippen MR) is 89.2 cm³/mol. The molecule has 0 aliphatic carbocycles. The standard InChI is InChI=1S/C18H20N2O3/c1-23-15-8-6-14(7-9-15)19-17-5-3-2-4-16(17)18(22)20-10-13(11-20)12-21/h2-9,13,19,21H,10-12H2,1H3. The number of aliphatic hydroxyl groups is 1. The number of carbonyl (C=O) groups is 1. The first-order valence-electron chi connectivity index (χ1n) is 7.61. The van der Waals surface area contributed by atoms with Crippen LogP contribution in [-0.2, 0) is 0 Å². The number of nitrogens with one attached hydrogen (secondary N) is 1. The van der Waals surface area contributed by atoms with E-state index >= 15 is 0 Å². The molecule has 3 rings (SSSR count). The van der Waals surface area contributed by atoms with Crippen molar-refractivity contribution in [3.8, 4) is 5.75 Å². The zero-order valence-electron chi connectivity index (χ0n) is 13.0. The molecule has 0 unspecified atom stereocenters. The summed E-state index contributed by atoms with van der Waals surface area (Å²) in [5.41, 5.74) is 2.30. The van der Waals surface area contributed by atoms with Gasteiger partial charge in [0.1, 0.15) is 5.75 Å². The maximum absolute atomic E-state index is 12.6. The summed E-state index contributed by atoms with van der Waals surface area (Å²) < 4.78 is 5.15. The van der Waals surface area contributed by atoms with Crippen molar-refractivity contribution in [2.75, 3.05) is 32.1 Å². The van der Waals surface area contributed by atoms with Crippen LogP contribution in [0.1, 0.15) is 10.4 Å². The molecule has 0 aromatic heterocycles. The van der Waals surface area contributed by atoms with Crippen LogP contribution in [-0.4, -0.2) is 42.7 Å². The third-order valence-electron chi connectivity index (χ3n) is 4.03. The van der Waals surface area contributed by atoms with Crippen molar-refractivity contribution >= 4 is 17.3 Å². The number of anilines is 2. The first-order chi connectivity index (χ1) is 11.2. The summed E-state index contributed by atoms with van der Waals surface area (Å²) in [5.74, 6) is 0.988. The normalized spacial score (nSPS) is 14.3. The number of para-hydroxylation sites is 1. The van der Waals surface area contributed by atoms with Crippen LogP contribution >= 0.6 is 0 Å². The highest BCUT2D eigenvalue weighted by atomic mass is 16.5. The number of hydrogen-bond acceptors (Lipinski definition) is 4. The molecule has 23 heavy (non-hydrogen) atoms. The van der Waals surface area contributed by atoms with Crippen LogP contribution < -0.4 is 10.1 Å². The number of amides is 1. The summed E-state index contributed by atoms with van der Waals surface area (Å²) in [6.45, 7) is 1.37. The van der Waals surface area contributed by atoms with Crippen molar-refractivity contribution in [1.82, 2.24) is 4.90 Å². The Hall–Kier alpha value is -2.53. The molecule has 2 aromatic rings. The van der Waals surface area contributed by atoms with Gasteiger partial charge in [-0.05, 0) is 36.4 Å². The molecule has 0 saturated carbocycles. The second-order valence-electron chi connectivity index (χ2n) is 5.66. The first-order valence-corrected chi connectivity index (χ1v) is 7.61. The van der Waals surface area contributed by atoms with Crippen LogP contribution in [0.4, 0.5) is 11.4 Å². The summed E-state index contributed by atoms with van der Waals surface area (Å²) in [4.78, 5) is 14.3. The summed E-state index contributed by atoms with van der Waals surface area (Å²) in [7, 11) is 1.63. The fourth-order valence-corrected chi connectivity index (χ4v) is 2.63. The molecule has 0 atom stereocenters. The first kappa shape index (κ1) is 15.4. The van der Waals surface area contributed by atoms with Crippen LogP contribution in [0, 0.1) is 5.92 Å². The lowest BCUT2D eigenvalue weighted by molar-refractivity contribution is 0.0363. The van der Waals surface area contributed by atoms with Crippen molar-refractivity contribution in [3.63, 3.8) is 0 Å². The molecule has 1 saturated heterocycles. The largest absolute Gasteiger partial charge is 0.497 e. The molecular weight excluding hydrogens is 292 g/mol. The highest BCUT2D eigenvalue weighted by molar-refractivity contribution is 6.00. The van der Waals surface area contributed by atoms with Gasteiger partial charge >= 0.3 is 0 Å². The number of nitrogens with zero attached hydrogens (tertiary/aromatic N) is 1. The lowest BCUT2D eigenvalue weighted by atomic mass is 9.99. The minimum Gasteiger partial charge on any atom is -0.497 e. The molecular formula is C18H20N2O3. The molecule has 1 heterocycles. The van der Waals surface area contributed by atoms with E-state index in [4.69, 9.17) is 9.84 Å². The van der Waals surface area contributed by atoms with Gasteiger partial charge in [-0.2, -0.15) is 0 Å². The van der Waals surface area contributed by atoms with E-state index in [1.807, 2.05) is 48.5 Å². The molecule has 1 aliphatic rings. The minimum atomic E-state index is -0.00804. The van der Waals surface area contributed by atoms with E-state index < -0.39 is 0 Å². The van der Waals surface area contributed by atoms with Gasteiger partial charge in [-0.25, -0.2) is 0 Å². The Kier molecular flexibility index (Phi) is 4.48. The SMILES string of the molecule is COc1ccc(Nc2ccccc2C(=O)N2CC(CO)C2)cc1. The topological polar surface area (TPSA) is 61.8 Å². The number of ether oxygens (including phenoxy) is 1. The number of carbonyl (C=O) groups excluding carboxylic acids is 1. The van der Waals surface area contributed by atoms with Crippen molar-refractivity contribution in [3.05, 3.63) is 54.1 Å². The molecule has 120 valence electrons. The molecule has 2 aromatic carbocycles. The maximum Gasteiger partial charge on any atom is 0.255 e. The Bertz CT molecular complexity index is 679. The number of aliphatic hydroxyl groups excluding tert-OH is 1. The Balaban J connectivity index is 1.76.